The highest BCUT2D eigenvalue weighted by Crippen LogP contribution is 2.22. The average Bonchev–Trinajstić information content (AvgIpc) is 3.05. The highest BCUT2D eigenvalue weighted by atomic mass is 35.5. The van der Waals surface area contributed by atoms with Crippen molar-refractivity contribution in [2.75, 3.05) is 5.32 Å². The number of hydrogen-bond acceptors (Lipinski definition) is 4. The van der Waals surface area contributed by atoms with E-state index < -0.39 is 0 Å². The van der Waals surface area contributed by atoms with Crippen molar-refractivity contribution in [3.63, 3.8) is 0 Å². The molecule has 0 radical (unpaired) electrons. The molecule has 0 aliphatic rings. The molecular weight excluding hydrogens is 334 g/mol. The number of hydrogen-bond donors (Lipinski definition) is 1. The lowest BCUT2D eigenvalue weighted by Gasteiger charge is -2.08. The fourth-order valence-electron chi connectivity index (χ4n) is 1.79. The predicted octanol–water partition coefficient (Wildman–Crippen LogP) is 4.39. The molecule has 0 spiro atoms. The number of halogens is 3. The van der Waals surface area contributed by atoms with Crippen molar-refractivity contribution in [2.45, 2.75) is 6.54 Å². The van der Waals surface area contributed by atoms with Crippen LogP contribution in [0.1, 0.15) is 4.88 Å². The number of anilines is 1. The average molecular weight is 343 g/mol. The van der Waals surface area contributed by atoms with Gasteiger partial charge < -0.3 is 5.32 Å². The van der Waals surface area contributed by atoms with Crippen LogP contribution < -0.4 is 5.32 Å². The van der Waals surface area contributed by atoms with Crippen LogP contribution >= 0.6 is 34.5 Å². The maximum Gasteiger partial charge on any atom is 0.183 e. The highest BCUT2D eigenvalue weighted by Gasteiger charge is 2.07. The number of nitrogens with zero attached hydrogens (tertiary/aromatic N) is 3. The zero-order chi connectivity index (χ0) is 14.8. The first-order valence-electron chi connectivity index (χ1n) is 5.96. The van der Waals surface area contributed by atoms with Gasteiger partial charge in [-0.2, -0.15) is 5.10 Å². The van der Waals surface area contributed by atoms with Gasteiger partial charge in [-0.3, -0.25) is 0 Å². The van der Waals surface area contributed by atoms with Crippen LogP contribution in [0.25, 0.3) is 5.69 Å². The van der Waals surface area contributed by atoms with E-state index in [1.165, 1.54) is 28.3 Å². The number of rotatable bonds is 4. The molecule has 0 amide bonds. The standard InChI is InChI=1S/C13H9Cl2FN4S/c14-8-4-19-20(7-8)12-2-1-9(3-11(12)16)17-5-10-6-18-13(15)21-10/h1-4,6-7,17H,5H2. The Morgan fingerprint density at radius 3 is 2.76 bits per heavy atom. The molecule has 2 aromatic heterocycles. The summed E-state index contributed by atoms with van der Waals surface area (Å²) in [6, 6.07) is 4.82. The van der Waals surface area contributed by atoms with Crippen LogP contribution in [0.5, 0.6) is 0 Å². The van der Waals surface area contributed by atoms with E-state index in [-0.39, 0.29) is 5.82 Å². The summed E-state index contributed by atoms with van der Waals surface area (Å²) in [7, 11) is 0. The monoisotopic (exact) mass is 342 g/mol. The lowest BCUT2D eigenvalue weighted by atomic mass is 10.2. The first kappa shape index (κ1) is 14.3. The van der Waals surface area contributed by atoms with Crippen LogP contribution in [0.4, 0.5) is 10.1 Å². The van der Waals surface area contributed by atoms with E-state index in [1.54, 1.807) is 24.5 Å². The number of nitrogens with one attached hydrogen (secondary N) is 1. The second-order valence-electron chi connectivity index (χ2n) is 4.20. The quantitative estimate of drug-likeness (QED) is 0.764. The third-order valence-corrected chi connectivity index (χ3v) is 4.05. The zero-order valence-electron chi connectivity index (χ0n) is 10.6. The molecule has 1 N–H and O–H groups in total. The Bertz CT molecular complexity index is 771. The van der Waals surface area contributed by atoms with E-state index in [4.69, 9.17) is 23.2 Å². The molecule has 0 fully saturated rings. The molecule has 4 nitrogen and oxygen atoms in total. The van der Waals surface area contributed by atoms with E-state index in [0.717, 1.165) is 4.88 Å². The van der Waals surface area contributed by atoms with E-state index in [9.17, 15) is 4.39 Å². The smallest absolute Gasteiger partial charge is 0.183 e. The molecule has 3 rings (SSSR count). The molecule has 108 valence electrons. The minimum atomic E-state index is -0.387. The third-order valence-electron chi connectivity index (χ3n) is 2.74. The van der Waals surface area contributed by atoms with Gasteiger partial charge in [0.25, 0.3) is 0 Å². The van der Waals surface area contributed by atoms with Crippen molar-refractivity contribution >= 4 is 40.2 Å². The Morgan fingerprint density at radius 1 is 1.29 bits per heavy atom. The molecule has 3 aromatic rings. The van der Waals surface area contributed by atoms with Crippen LogP contribution in [0.15, 0.2) is 36.8 Å². The summed E-state index contributed by atoms with van der Waals surface area (Å²) in [5.74, 6) is -0.387. The minimum Gasteiger partial charge on any atom is -0.380 e. The van der Waals surface area contributed by atoms with Gasteiger partial charge in [-0.1, -0.05) is 23.2 Å². The molecule has 1 aromatic carbocycles. The summed E-state index contributed by atoms with van der Waals surface area (Å²) in [6.45, 7) is 0.538. The minimum absolute atomic E-state index is 0.341. The molecule has 0 bridgehead atoms. The molecule has 0 aliphatic carbocycles. The van der Waals surface area contributed by atoms with Crippen LogP contribution in [0, 0.1) is 5.82 Å². The lowest BCUT2D eigenvalue weighted by molar-refractivity contribution is 0.611. The van der Waals surface area contributed by atoms with Crippen LogP contribution in [0.2, 0.25) is 9.49 Å². The largest absolute Gasteiger partial charge is 0.380 e. The van der Waals surface area contributed by atoms with Gasteiger partial charge in [0.2, 0.25) is 0 Å². The molecule has 0 atom stereocenters. The van der Waals surface area contributed by atoms with E-state index in [0.29, 0.717) is 27.4 Å². The third kappa shape index (κ3) is 3.34. The van der Waals surface area contributed by atoms with Crippen molar-refractivity contribution in [1.29, 1.82) is 0 Å². The van der Waals surface area contributed by atoms with Gasteiger partial charge in [0, 0.05) is 23.0 Å². The topological polar surface area (TPSA) is 42.7 Å². The second kappa shape index (κ2) is 6.01. The molecule has 0 unspecified atom stereocenters. The normalized spacial score (nSPS) is 10.8. The summed E-state index contributed by atoms with van der Waals surface area (Å²) < 4.78 is 16.0. The zero-order valence-corrected chi connectivity index (χ0v) is 12.9. The van der Waals surface area contributed by atoms with Gasteiger partial charge in [0.05, 0.1) is 17.8 Å². The van der Waals surface area contributed by atoms with Crippen molar-refractivity contribution < 1.29 is 4.39 Å². The molecule has 0 saturated carbocycles. The van der Waals surface area contributed by atoms with Crippen LogP contribution in [-0.4, -0.2) is 14.8 Å². The first-order chi connectivity index (χ1) is 10.1. The summed E-state index contributed by atoms with van der Waals surface area (Å²) in [5, 5.41) is 7.55. The van der Waals surface area contributed by atoms with Gasteiger partial charge in [-0.25, -0.2) is 14.1 Å². The first-order valence-corrected chi connectivity index (χ1v) is 7.53. The van der Waals surface area contributed by atoms with Gasteiger partial charge >= 0.3 is 0 Å². The van der Waals surface area contributed by atoms with Crippen molar-refractivity contribution in [2.24, 2.45) is 0 Å². The Balaban J connectivity index is 1.75. The Labute approximate surface area is 134 Å². The fourth-order valence-corrected chi connectivity index (χ4v) is 2.84. The Hall–Kier alpha value is -1.63. The predicted molar refractivity (Wildman–Crippen MR) is 83.0 cm³/mol. The van der Waals surface area contributed by atoms with E-state index in [2.05, 4.69) is 15.4 Å². The van der Waals surface area contributed by atoms with Crippen LogP contribution in [-0.2, 0) is 6.54 Å². The van der Waals surface area contributed by atoms with Gasteiger partial charge in [-0.05, 0) is 18.2 Å². The molecule has 2 heterocycles. The molecule has 21 heavy (non-hydrogen) atoms. The lowest BCUT2D eigenvalue weighted by Crippen LogP contribution is -2.01. The number of benzene rings is 1. The highest BCUT2D eigenvalue weighted by molar-refractivity contribution is 7.15. The molecular formula is C13H9Cl2FN4S. The maximum absolute atomic E-state index is 14.1. The van der Waals surface area contributed by atoms with Crippen molar-refractivity contribution in [3.8, 4) is 5.69 Å². The van der Waals surface area contributed by atoms with Crippen molar-refractivity contribution in [1.82, 2.24) is 14.8 Å². The summed E-state index contributed by atoms with van der Waals surface area (Å²) in [6.07, 6.45) is 4.70. The fraction of sp³-hybridized carbons (Fsp3) is 0.0769. The van der Waals surface area contributed by atoms with Gasteiger partial charge in [-0.15, -0.1) is 11.3 Å². The molecule has 0 aliphatic heterocycles. The number of aromatic nitrogens is 3. The summed E-state index contributed by atoms with van der Waals surface area (Å²) in [5.41, 5.74) is 1.01. The second-order valence-corrected chi connectivity index (χ2v) is 6.34. The SMILES string of the molecule is Fc1cc(NCc2cnc(Cl)s2)ccc1-n1cc(Cl)cn1. The molecule has 0 saturated heterocycles. The van der Waals surface area contributed by atoms with Crippen LogP contribution in [0.3, 0.4) is 0 Å². The maximum atomic E-state index is 14.1. The summed E-state index contributed by atoms with van der Waals surface area (Å²) >= 11 is 12.9. The van der Waals surface area contributed by atoms with Crippen molar-refractivity contribution in [3.05, 3.63) is 57.0 Å². The van der Waals surface area contributed by atoms with E-state index >= 15 is 0 Å². The van der Waals surface area contributed by atoms with Gasteiger partial charge in [0.15, 0.2) is 10.3 Å². The Morgan fingerprint density at radius 2 is 2.14 bits per heavy atom. The number of thiazole rings is 1. The van der Waals surface area contributed by atoms with Gasteiger partial charge in [0.1, 0.15) is 5.69 Å². The van der Waals surface area contributed by atoms with E-state index in [1.807, 2.05) is 0 Å². The summed E-state index contributed by atoms with van der Waals surface area (Å²) in [4.78, 5) is 4.92. The Kier molecular flexibility index (Phi) is 4.10. The molecule has 8 heteroatoms.